The van der Waals surface area contributed by atoms with Crippen LogP contribution in [0.25, 0.3) is 0 Å². The average molecular weight is 674 g/mol. The van der Waals surface area contributed by atoms with Gasteiger partial charge in [0.05, 0.1) is 25.9 Å². The zero-order chi connectivity index (χ0) is 35.1. The van der Waals surface area contributed by atoms with Crippen LogP contribution in [0.3, 0.4) is 0 Å². The average Bonchev–Trinajstić information content (AvgIpc) is 3.03. The van der Waals surface area contributed by atoms with E-state index in [1.807, 2.05) is 0 Å². The Kier molecular flexibility index (Phi) is 28.5. The van der Waals surface area contributed by atoms with Crippen LogP contribution < -0.4 is 16.4 Å². The number of aldehydes is 1. The summed E-state index contributed by atoms with van der Waals surface area (Å²) in [5.74, 6) is -4.86. The second kappa shape index (κ2) is 30.4. The SMILES string of the molecule is NCCCC[C@H](NC(C(=O)O)C(=O)O)C(=O)C(C=O)OCCOCCNC(=O)CCCCCCCCCCCCCCCCC(=O)O. The quantitative estimate of drug-likeness (QED) is 0.0323. The van der Waals surface area contributed by atoms with Gasteiger partial charge in [0.15, 0.2) is 18.2 Å². The number of Topliss-reactive ketones (excluding diaryl/α,β-unsaturated/α-hetero) is 1. The van der Waals surface area contributed by atoms with Crippen LogP contribution in [0.5, 0.6) is 0 Å². The number of amides is 1. The number of hydrogen-bond donors (Lipinski definition) is 6. The Morgan fingerprint density at radius 3 is 1.64 bits per heavy atom. The number of carboxylic acid groups (broad SMARTS) is 3. The standard InChI is InChI=1S/C33H59N3O11/c34-20-16-15-17-26(36-30(32(42)43)33(44)45)31(41)27(25-37)47-24-23-46-22-21-35-28(38)18-13-11-9-7-5-3-1-2-4-6-8-10-12-14-19-29(39)40/h25-27,30,36H,1-24,34H2,(H,35,38)(H,39,40)(H,42,43)(H,44,45)/t26-,27?/m0/s1. The smallest absolute Gasteiger partial charge is 0.332 e. The second-order valence-corrected chi connectivity index (χ2v) is 11.7. The van der Waals surface area contributed by atoms with Crippen molar-refractivity contribution in [2.75, 3.05) is 32.9 Å². The van der Waals surface area contributed by atoms with Crippen LogP contribution in [0.1, 0.15) is 122 Å². The van der Waals surface area contributed by atoms with Gasteiger partial charge in [0.2, 0.25) is 11.9 Å². The summed E-state index contributed by atoms with van der Waals surface area (Å²) in [6, 6.07) is -3.25. The summed E-state index contributed by atoms with van der Waals surface area (Å²) in [4.78, 5) is 69.4. The molecule has 0 aromatic heterocycles. The minimum atomic E-state index is -2.02. The molecule has 0 saturated heterocycles. The van der Waals surface area contributed by atoms with E-state index >= 15 is 0 Å². The second-order valence-electron chi connectivity index (χ2n) is 11.7. The third-order valence-corrected chi connectivity index (χ3v) is 7.69. The maximum absolute atomic E-state index is 12.8. The number of aliphatic carboxylic acids is 3. The van der Waals surface area contributed by atoms with E-state index in [1.54, 1.807) is 0 Å². The van der Waals surface area contributed by atoms with Gasteiger partial charge in [-0.2, -0.15) is 0 Å². The first-order chi connectivity index (χ1) is 22.6. The highest BCUT2D eigenvalue weighted by Crippen LogP contribution is 2.14. The lowest BCUT2D eigenvalue weighted by Crippen LogP contribution is -2.53. The number of rotatable bonds is 35. The molecule has 0 bridgehead atoms. The fraction of sp³-hybridized carbons (Fsp3) is 0.818. The molecule has 0 aromatic carbocycles. The highest BCUT2D eigenvalue weighted by molar-refractivity contribution is 6.02. The van der Waals surface area contributed by atoms with Crippen LogP contribution in [0, 0.1) is 0 Å². The van der Waals surface area contributed by atoms with Crippen LogP contribution in [0.15, 0.2) is 0 Å². The number of carbonyl (C=O) groups excluding carboxylic acids is 3. The number of hydrogen-bond acceptors (Lipinski definition) is 10. The Morgan fingerprint density at radius 2 is 1.17 bits per heavy atom. The molecule has 2 atom stereocenters. The molecule has 0 aliphatic carbocycles. The van der Waals surface area contributed by atoms with Crippen LogP contribution in [0.2, 0.25) is 0 Å². The molecule has 0 rings (SSSR count). The van der Waals surface area contributed by atoms with Crippen molar-refractivity contribution < 1.29 is 53.6 Å². The van der Waals surface area contributed by atoms with Crippen molar-refractivity contribution in [2.45, 2.75) is 140 Å². The van der Waals surface area contributed by atoms with E-state index in [4.69, 9.17) is 30.5 Å². The van der Waals surface area contributed by atoms with Crippen molar-refractivity contribution in [3.63, 3.8) is 0 Å². The van der Waals surface area contributed by atoms with E-state index in [1.165, 1.54) is 51.4 Å². The molecule has 14 heteroatoms. The molecule has 0 aromatic rings. The molecule has 0 fully saturated rings. The number of ether oxygens (including phenoxy) is 2. The molecule has 47 heavy (non-hydrogen) atoms. The number of ketones is 1. The maximum Gasteiger partial charge on any atom is 0.332 e. The molecule has 0 aliphatic rings. The van der Waals surface area contributed by atoms with E-state index in [-0.39, 0.29) is 44.9 Å². The van der Waals surface area contributed by atoms with Gasteiger partial charge in [-0.15, -0.1) is 0 Å². The Bertz CT molecular complexity index is 874. The summed E-state index contributed by atoms with van der Waals surface area (Å²) < 4.78 is 10.7. The monoisotopic (exact) mass is 673 g/mol. The zero-order valence-corrected chi connectivity index (χ0v) is 28.0. The molecule has 0 heterocycles. The van der Waals surface area contributed by atoms with E-state index in [0.717, 1.165) is 38.5 Å². The minimum Gasteiger partial charge on any atom is -0.481 e. The van der Waals surface area contributed by atoms with Crippen molar-refractivity contribution in [1.29, 1.82) is 0 Å². The van der Waals surface area contributed by atoms with Gasteiger partial charge in [-0.3, -0.25) is 24.5 Å². The lowest BCUT2D eigenvalue weighted by atomic mass is 10.0. The van der Waals surface area contributed by atoms with Gasteiger partial charge in [-0.05, 0) is 32.2 Å². The molecule has 14 nitrogen and oxygen atoms in total. The molecule has 0 aliphatic heterocycles. The highest BCUT2D eigenvalue weighted by atomic mass is 16.5. The van der Waals surface area contributed by atoms with Gasteiger partial charge >= 0.3 is 17.9 Å². The molecule has 0 spiro atoms. The van der Waals surface area contributed by atoms with Crippen molar-refractivity contribution in [3.8, 4) is 0 Å². The Balaban J connectivity index is 3.90. The topological polar surface area (TPSA) is 232 Å². The van der Waals surface area contributed by atoms with E-state index < -0.39 is 41.9 Å². The third-order valence-electron chi connectivity index (χ3n) is 7.69. The zero-order valence-electron chi connectivity index (χ0n) is 28.0. The fourth-order valence-corrected chi connectivity index (χ4v) is 5.01. The van der Waals surface area contributed by atoms with Gasteiger partial charge < -0.3 is 35.8 Å². The largest absolute Gasteiger partial charge is 0.481 e. The number of nitrogens with two attached hydrogens (primary N) is 1. The first kappa shape index (κ1) is 44.1. The van der Waals surface area contributed by atoms with Gasteiger partial charge in [0.25, 0.3) is 0 Å². The number of carboxylic acids is 3. The van der Waals surface area contributed by atoms with Crippen molar-refractivity contribution >= 4 is 35.9 Å². The van der Waals surface area contributed by atoms with Crippen molar-refractivity contribution in [2.24, 2.45) is 5.73 Å². The van der Waals surface area contributed by atoms with Crippen molar-refractivity contribution in [3.05, 3.63) is 0 Å². The highest BCUT2D eigenvalue weighted by Gasteiger charge is 2.34. The maximum atomic E-state index is 12.8. The summed E-state index contributed by atoms with van der Waals surface area (Å²) in [5.41, 5.74) is 5.46. The third kappa shape index (κ3) is 25.8. The summed E-state index contributed by atoms with van der Waals surface area (Å²) in [5, 5.41) is 32.0. The summed E-state index contributed by atoms with van der Waals surface area (Å²) in [6.45, 7) is 0.778. The van der Waals surface area contributed by atoms with Gasteiger partial charge in [-0.25, -0.2) is 9.59 Å². The minimum absolute atomic E-state index is 0.0435. The molecule has 7 N–H and O–H groups in total. The fourth-order valence-electron chi connectivity index (χ4n) is 5.01. The van der Waals surface area contributed by atoms with E-state index in [9.17, 15) is 28.8 Å². The van der Waals surface area contributed by atoms with Crippen LogP contribution in [-0.2, 0) is 38.2 Å². The van der Waals surface area contributed by atoms with Crippen LogP contribution in [-0.4, -0.2) is 102 Å². The number of carbonyl (C=O) groups is 6. The lowest BCUT2D eigenvalue weighted by molar-refractivity contribution is -0.152. The Labute approximate surface area is 278 Å². The van der Waals surface area contributed by atoms with E-state index in [2.05, 4.69) is 10.6 Å². The first-order valence-electron chi connectivity index (χ1n) is 17.2. The van der Waals surface area contributed by atoms with Crippen molar-refractivity contribution in [1.82, 2.24) is 10.6 Å². The Hall–Kier alpha value is -2.94. The first-order valence-corrected chi connectivity index (χ1v) is 17.2. The van der Waals surface area contributed by atoms with Crippen LogP contribution in [0.4, 0.5) is 0 Å². The number of nitrogens with one attached hydrogen (secondary N) is 2. The van der Waals surface area contributed by atoms with E-state index in [0.29, 0.717) is 32.4 Å². The molecular formula is C33H59N3O11. The molecule has 272 valence electrons. The molecular weight excluding hydrogens is 614 g/mol. The Morgan fingerprint density at radius 1 is 0.660 bits per heavy atom. The van der Waals surface area contributed by atoms with Gasteiger partial charge in [-0.1, -0.05) is 83.5 Å². The van der Waals surface area contributed by atoms with Crippen LogP contribution >= 0.6 is 0 Å². The summed E-state index contributed by atoms with van der Waals surface area (Å²) in [7, 11) is 0. The predicted molar refractivity (Wildman–Crippen MR) is 175 cm³/mol. The number of unbranched alkanes of at least 4 members (excludes halogenated alkanes) is 14. The summed E-state index contributed by atoms with van der Waals surface area (Å²) in [6.07, 6.45) is 16.2. The molecule has 0 saturated carbocycles. The van der Waals surface area contributed by atoms with Gasteiger partial charge in [0.1, 0.15) is 0 Å². The van der Waals surface area contributed by atoms with Gasteiger partial charge in [0, 0.05) is 19.4 Å². The predicted octanol–water partition coefficient (Wildman–Crippen LogP) is 3.22. The lowest BCUT2D eigenvalue weighted by Gasteiger charge is -2.23. The summed E-state index contributed by atoms with van der Waals surface area (Å²) >= 11 is 0. The molecule has 1 amide bonds. The normalized spacial score (nSPS) is 12.5. The molecule has 0 radical (unpaired) electrons. The molecule has 1 unspecified atom stereocenters.